The lowest BCUT2D eigenvalue weighted by atomic mass is 9.99. The topological polar surface area (TPSA) is 72.2 Å². The van der Waals surface area contributed by atoms with E-state index in [2.05, 4.69) is 28.6 Å². The predicted octanol–water partition coefficient (Wildman–Crippen LogP) is 2.48. The predicted molar refractivity (Wildman–Crippen MR) is 111 cm³/mol. The highest BCUT2D eigenvalue weighted by atomic mass is 19.1. The number of rotatable bonds is 9. The van der Waals surface area contributed by atoms with Crippen LogP contribution in [0.25, 0.3) is 0 Å². The Kier molecular flexibility index (Phi) is 7.36. The zero-order valence-corrected chi connectivity index (χ0v) is 16.7. The molecule has 1 unspecified atom stereocenters. The van der Waals surface area contributed by atoms with Crippen LogP contribution >= 0.6 is 0 Å². The summed E-state index contributed by atoms with van der Waals surface area (Å²) in [4.78, 5) is 4.45. The molecule has 4 N–H and O–H groups in total. The van der Waals surface area contributed by atoms with Gasteiger partial charge in [-0.15, -0.1) is 0 Å². The summed E-state index contributed by atoms with van der Waals surface area (Å²) in [6.07, 6.45) is 1.85. The van der Waals surface area contributed by atoms with E-state index in [-0.39, 0.29) is 18.0 Å². The van der Waals surface area contributed by atoms with Crippen molar-refractivity contribution in [2.45, 2.75) is 38.8 Å². The molecule has 5 nitrogen and oxygen atoms in total. The SMILES string of the molecule is Cc1cc(N)nc(C[C@@H]2CNC[C@@H]2OCCNC(C)Cc2cccc(F)c2)c1. The maximum Gasteiger partial charge on any atom is 0.123 e. The zero-order chi connectivity index (χ0) is 19.9. The number of ether oxygens (including phenoxy) is 1. The molecule has 152 valence electrons. The number of aromatic nitrogens is 1. The summed E-state index contributed by atoms with van der Waals surface area (Å²) in [6, 6.07) is 11.0. The summed E-state index contributed by atoms with van der Waals surface area (Å²) in [5, 5.41) is 6.88. The number of anilines is 1. The van der Waals surface area contributed by atoms with E-state index >= 15 is 0 Å². The molecule has 1 fully saturated rings. The van der Waals surface area contributed by atoms with Crippen molar-refractivity contribution < 1.29 is 9.13 Å². The lowest BCUT2D eigenvalue weighted by Crippen LogP contribution is -2.33. The first kappa shape index (κ1) is 20.7. The summed E-state index contributed by atoms with van der Waals surface area (Å²) >= 11 is 0. The van der Waals surface area contributed by atoms with Crippen LogP contribution in [0.1, 0.15) is 23.7 Å². The van der Waals surface area contributed by atoms with Crippen LogP contribution in [0.5, 0.6) is 0 Å². The van der Waals surface area contributed by atoms with E-state index in [0.29, 0.717) is 18.3 Å². The molecule has 0 saturated carbocycles. The van der Waals surface area contributed by atoms with Gasteiger partial charge >= 0.3 is 0 Å². The number of hydrogen-bond acceptors (Lipinski definition) is 5. The maximum atomic E-state index is 13.3. The fraction of sp³-hybridized carbons (Fsp3) is 0.500. The Morgan fingerprint density at radius 3 is 2.96 bits per heavy atom. The Labute approximate surface area is 166 Å². The van der Waals surface area contributed by atoms with Gasteiger partial charge in [-0.3, -0.25) is 0 Å². The van der Waals surface area contributed by atoms with Crippen LogP contribution in [0.15, 0.2) is 36.4 Å². The molecular weight excluding hydrogens is 355 g/mol. The van der Waals surface area contributed by atoms with Gasteiger partial charge < -0.3 is 21.1 Å². The Bertz CT molecular complexity index is 750. The highest BCUT2D eigenvalue weighted by Gasteiger charge is 2.28. The number of hydrogen-bond donors (Lipinski definition) is 3. The minimum Gasteiger partial charge on any atom is -0.384 e. The van der Waals surface area contributed by atoms with Crippen molar-refractivity contribution in [2.75, 3.05) is 32.0 Å². The van der Waals surface area contributed by atoms with Crippen molar-refractivity contribution >= 4 is 5.82 Å². The van der Waals surface area contributed by atoms with Gasteiger partial charge in [-0.2, -0.15) is 0 Å². The second-order valence-corrected chi connectivity index (χ2v) is 7.78. The summed E-state index contributed by atoms with van der Waals surface area (Å²) in [5.41, 5.74) is 9.05. The lowest BCUT2D eigenvalue weighted by molar-refractivity contribution is 0.0387. The van der Waals surface area contributed by atoms with Gasteiger partial charge in [-0.05, 0) is 62.1 Å². The van der Waals surface area contributed by atoms with Gasteiger partial charge in [-0.25, -0.2) is 9.37 Å². The number of nitrogens with one attached hydrogen (secondary N) is 2. The largest absolute Gasteiger partial charge is 0.384 e. The first-order valence-electron chi connectivity index (χ1n) is 10.0. The number of nitrogens with zero attached hydrogens (tertiary/aromatic N) is 1. The average Bonchev–Trinajstić information content (AvgIpc) is 3.05. The number of pyridine rings is 1. The Balaban J connectivity index is 1.40. The van der Waals surface area contributed by atoms with Gasteiger partial charge in [0.15, 0.2) is 0 Å². The molecule has 2 heterocycles. The van der Waals surface area contributed by atoms with Gasteiger partial charge in [0, 0.05) is 37.3 Å². The van der Waals surface area contributed by atoms with E-state index in [0.717, 1.165) is 49.3 Å². The Hall–Kier alpha value is -2.02. The van der Waals surface area contributed by atoms with Crippen LogP contribution < -0.4 is 16.4 Å². The summed E-state index contributed by atoms with van der Waals surface area (Å²) < 4.78 is 19.4. The van der Waals surface area contributed by atoms with Crippen molar-refractivity contribution in [3.8, 4) is 0 Å². The second kappa shape index (κ2) is 9.96. The van der Waals surface area contributed by atoms with Gasteiger partial charge in [0.2, 0.25) is 0 Å². The van der Waals surface area contributed by atoms with Crippen LogP contribution in [0.2, 0.25) is 0 Å². The molecule has 28 heavy (non-hydrogen) atoms. The number of nitrogens with two attached hydrogens (primary N) is 1. The molecular formula is C22H31FN4O. The fourth-order valence-electron chi connectivity index (χ4n) is 3.85. The number of halogens is 1. The third kappa shape index (κ3) is 6.26. The molecule has 1 aromatic carbocycles. The average molecular weight is 387 g/mol. The molecule has 0 bridgehead atoms. The van der Waals surface area contributed by atoms with Crippen LogP contribution in [-0.4, -0.2) is 43.4 Å². The van der Waals surface area contributed by atoms with Gasteiger partial charge in [0.1, 0.15) is 11.6 Å². The number of nitrogen functional groups attached to an aromatic ring is 1. The molecule has 1 aliphatic rings. The smallest absolute Gasteiger partial charge is 0.123 e. The van der Waals surface area contributed by atoms with E-state index < -0.39 is 0 Å². The van der Waals surface area contributed by atoms with Gasteiger partial charge in [0.05, 0.1) is 12.7 Å². The standard InChI is InChI=1S/C22H31FN4O/c1-15-8-20(27-22(24)9-15)12-18-13-25-14-21(18)28-7-6-26-16(2)10-17-4-3-5-19(23)11-17/h3-5,8-9,11,16,18,21,25-26H,6-7,10,12-14H2,1-2H3,(H2,24,27)/t16?,18-,21+/m1/s1. The van der Waals surface area contributed by atoms with E-state index in [4.69, 9.17) is 10.5 Å². The van der Waals surface area contributed by atoms with Crippen LogP contribution in [-0.2, 0) is 17.6 Å². The molecule has 1 aromatic heterocycles. The van der Waals surface area contributed by atoms with Crippen LogP contribution in [0, 0.1) is 18.7 Å². The van der Waals surface area contributed by atoms with Gasteiger partial charge in [0.25, 0.3) is 0 Å². The van der Waals surface area contributed by atoms with E-state index in [1.165, 1.54) is 6.07 Å². The molecule has 3 atom stereocenters. The maximum absolute atomic E-state index is 13.3. The summed E-state index contributed by atoms with van der Waals surface area (Å²) in [6.45, 7) is 7.38. The van der Waals surface area contributed by atoms with Crippen molar-refractivity contribution in [1.29, 1.82) is 0 Å². The third-order valence-electron chi connectivity index (χ3n) is 5.15. The minimum absolute atomic E-state index is 0.183. The molecule has 1 saturated heterocycles. The van der Waals surface area contributed by atoms with E-state index in [1.807, 2.05) is 19.1 Å². The van der Waals surface area contributed by atoms with E-state index in [9.17, 15) is 4.39 Å². The zero-order valence-electron chi connectivity index (χ0n) is 16.7. The Morgan fingerprint density at radius 1 is 1.32 bits per heavy atom. The second-order valence-electron chi connectivity index (χ2n) is 7.78. The molecule has 0 aliphatic carbocycles. The first-order chi connectivity index (χ1) is 13.5. The van der Waals surface area contributed by atoms with Crippen molar-refractivity contribution in [1.82, 2.24) is 15.6 Å². The van der Waals surface area contributed by atoms with Gasteiger partial charge in [-0.1, -0.05) is 12.1 Å². The fourth-order valence-corrected chi connectivity index (χ4v) is 3.85. The molecule has 6 heteroatoms. The normalized spacial score (nSPS) is 20.4. The molecule has 1 aliphatic heterocycles. The monoisotopic (exact) mass is 386 g/mol. The molecule has 3 rings (SSSR count). The van der Waals surface area contributed by atoms with E-state index in [1.54, 1.807) is 12.1 Å². The van der Waals surface area contributed by atoms with Crippen molar-refractivity contribution in [3.05, 3.63) is 59.0 Å². The molecule has 0 radical (unpaired) electrons. The molecule has 2 aromatic rings. The lowest BCUT2D eigenvalue weighted by Gasteiger charge is -2.20. The first-order valence-corrected chi connectivity index (χ1v) is 10.0. The highest BCUT2D eigenvalue weighted by molar-refractivity contribution is 5.34. The van der Waals surface area contributed by atoms with Crippen LogP contribution in [0.4, 0.5) is 10.2 Å². The van der Waals surface area contributed by atoms with Crippen molar-refractivity contribution in [3.63, 3.8) is 0 Å². The Morgan fingerprint density at radius 2 is 2.18 bits per heavy atom. The number of benzene rings is 1. The quantitative estimate of drug-likeness (QED) is 0.578. The molecule has 0 spiro atoms. The molecule has 0 amide bonds. The van der Waals surface area contributed by atoms with Crippen molar-refractivity contribution in [2.24, 2.45) is 5.92 Å². The van der Waals surface area contributed by atoms with Crippen LogP contribution in [0.3, 0.4) is 0 Å². The number of aryl methyl sites for hydroxylation is 1. The summed E-state index contributed by atoms with van der Waals surface area (Å²) in [7, 11) is 0. The highest BCUT2D eigenvalue weighted by Crippen LogP contribution is 2.19. The summed E-state index contributed by atoms with van der Waals surface area (Å²) in [5.74, 6) is 0.797. The third-order valence-corrected chi connectivity index (χ3v) is 5.15. The minimum atomic E-state index is -0.183.